The second-order valence-corrected chi connectivity index (χ2v) is 2.23. The van der Waals surface area contributed by atoms with E-state index in [0.29, 0.717) is 12.8 Å². The van der Waals surface area contributed by atoms with Crippen molar-refractivity contribution in [1.82, 2.24) is 0 Å². The summed E-state index contributed by atoms with van der Waals surface area (Å²) in [5.74, 6) is -2.29. The smallest absolute Gasteiger partial charge is 0.232 e. The Morgan fingerprint density at radius 2 is 2.25 bits per heavy atom. The van der Waals surface area contributed by atoms with Gasteiger partial charge in [0.15, 0.2) is 0 Å². The zero-order valence-electron chi connectivity index (χ0n) is 4.47. The summed E-state index contributed by atoms with van der Waals surface area (Å²) in [6, 6.07) is 0. The first-order valence-corrected chi connectivity index (χ1v) is 2.72. The van der Waals surface area contributed by atoms with Crippen molar-refractivity contribution >= 4 is 0 Å². The Labute approximate surface area is 46.9 Å². The summed E-state index contributed by atoms with van der Waals surface area (Å²) in [7, 11) is 0. The fourth-order valence-electron chi connectivity index (χ4n) is 0.931. The van der Waals surface area contributed by atoms with E-state index in [1.165, 1.54) is 0 Å². The molecular formula is C5H9FO2. The van der Waals surface area contributed by atoms with Gasteiger partial charge in [0.2, 0.25) is 5.85 Å². The summed E-state index contributed by atoms with van der Waals surface area (Å²) in [6.45, 7) is 0. The lowest BCUT2D eigenvalue weighted by Crippen LogP contribution is -2.31. The van der Waals surface area contributed by atoms with Crippen molar-refractivity contribution in [1.29, 1.82) is 0 Å². The summed E-state index contributed by atoms with van der Waals surface area (Å²) in [4.78, 5) is 0. The fourth-order valence-corrected chi connectivity index (χ4v) is 0.931. The van der Waals surface area contributed by atoms with Gasteiger partial charge in [-0.2, -0.15) is 0 Å². The third kappa shape index (κ3) is 0.833. The lowest BCUT2D eigenvalue weighted by molar-refractivity contribution is -0.150. The van der Waals surface area contributed by atoms with E-state index in [2.05, 4.69) is 0 Å². The van der Waals surface area contributed by atoms with Crippen LogP contribution in [0.2, 0.25) is 0 Å². The number of rotatable bonds is 0. The van der Waals surface area contributed by atoms with Gasteiger partial charge in [-0.25, -0.2) is 4.39 Å². The number of aliphatic hydroxyl groups is 2. The predicted molar refractivity (Wildman–Crippen MR) is 25.9 cm³/mol. The van der Waals surface area contributed by atoms with Gasteiger partial charge < -0.3 is 10.2 Å². The van der Waals surface area contributed by atoms with E-state index in [-0.39, 0.29) is 6.42 Å². The van der Waals surface area contributed by atoms with Crippen molar-refractivity contribution in [3.8, 4) is 0 Å². The zero-order chi connectivity index (χ0) is 6.20. The van der Waals surface area contributed by atoms with Gasteiger partial charge >= 0.3 is 0 Å². The largest absolute Gasteiger partial charge is 0.387 e. The second kappa shape index (κ2) is 1.67. The predicted octanol–water partition coefficient (Wildman–Crippen LogP) is 0.189. The van der Waals surface area contributed by atoms with Gasteiger partial charge in [-0.3, -0.25) is 0 Å². The standard InChI is InChI=1S/C5H9FO2/c6-5(8)3-1-2-4(5)7/h4,7-8H,1-3H2. The van der Waals surface area contributed by atoms with Crippen molar-refractivity contribution in [3.63, 3.8) is 0 Å². The minimum Gasteiger partial charge on any atom is -0.387 e. The molecule has 1 fully saturated rings. The number of halogens is 1. The third-order valence-electron chi connectivity index (χ3n) is 1.52. The molecule has 1 rings (SSSR count). The quantitative estimate of drug-likeness (QED) is 0.479. The zero-order valence-corrected chi connectivity index (χ0v) is 4.47. The molecule has 2 N–H and O–H groups in total. The van der Waals surface area contributed by atoms with Crippen LogP contribution in [0.5, 0.6) is 0 Å². The monoisotopic (exact) mass is 120 g/mol. The van der Waals surface area contributed by atoms with Crippen LogP contribution in [0.15, 0.2) is 0 Å². The maximum atomic E-state index is 12.3. The lowest BCUT2D eigenvalue weighted by atomic mass is 10.2. The lowest BCUT2D eigenvalue weighted by Gasteiger charge is -2.14. The molecule has 0 bridgehead atoms. The fraction of sp³-hybridized carbons (Fsp3) is 1.00. The summed E-state index contributed by atoms with van der Waals surface area (Å²) in [6.07, 6.45) is -0.113. The van der Waals surface area contributed by atoms with Crippen molar-refractivity contribution in [3.05, 3.63) is 0 Å². The number of aliphatic hydroxyl groups excluding tert-OH is 1. The summed E-state index contributed by atoms with van der Waals surface area (Å²) < 4.78 is 12.3. The number of hydrogen-bond donors (Lipinski definition) is 2. The van der Waals surface area contributed by atoms with Crippen LogP contribution < -0.4 is 0 Å². The van der Waals surface area contributed by atoms with E-state index in [1.54, 1.807) is 0 Å². The third-order valence-corrected chi connectivity index (χ3v) is 1.52. The summed E-state index contributed by atoms with van der Waals surface area (Å²) >= 11 is 0. The highest BCUT2D eigenvalue weighted by Gasteiger charge is 2.39. The maximum absolute atomic E-state index is 12.3. The minimum absolute atomic E-state index is 0.0775. The van der Waals surface area contributed by atoms with E-state index in [9.17, 15) is 4.39 Å². The highest BCUT2D eigenvalue weighted by atomic mass is 19.2. The molecule has 48 valence electrons. The molecule has 8 heavy (non-hydrogen) atoms. The molecule has 0 aromatic rings. The second-order valence-electron chi connectivity index (χ2n) is 2.23. The van der Waals surface area contributed by atoms with Crippen molar-refractivity contribution in [2.45, 2.75) is 31.2 Å². The minimum atomic E-state index is -2.29. The van der Waals surface area contributed by atoms with Gasteiger partial charge in [-0.15, -0.1) is 0 Å². The first-order valence-electron chi connectivity index (χ1n) is 2.72. The van der Waals surface area contributed by atoms with E-state index in [4.69, 9.17) is 10.2 Å². The van der Waals surface area contributed by atoms with E-state index in [1.807, 2.05) is 0 Å². The van der Waals surface area contributed by atoms with Crippen LogP contribution in [-0.2, 0) is 0 Å². The molecule has 2 atom stereocenters. The SMILES string of the molecule is OC1CCCC1(O)F. The Hall–Kier alpha value is -0.150. The first kappa shape index (κ1) is 5.98. The normalized spacial score (nSPS) is 47.6. The van der Waals surface area contributed by atoms with Crippen LogP contribution in [-0.4, -0.2) is 22.2 Å². The first-order chi connectivity index (χ1) is 3.63. The molecule has 1 aliphatic rings. The summed E-state index contributed by atoms with van der Waals surface area (Å²) in [5, 5.41) is 17.2. The van der Waals surface area contributed by atoms with Crippen molar-refractivity contribution < 1.29 is 14.6 Å². The van der Waals surface area contributed by atoms with Crippen LogP contribution in [0.25, 0.3) is 0 Å². The highest BCUT2D eigenvalue weighted by molar-refractivity contribution is 4.82. The van der Waals surface area contributed by atoms with Crippen LogP contribution >= 0.6 is 0 Å². The molecule has 1 saturated carbocycles. The molecule has 0 amide bonds. The maximum Gasteiger partial charge on any atom is 0.232 e. The van der Waals surface area contributed by atoms with Gasteiger partial charge in [0.05, 0.1) is 0 Å². The Kier molecular flexibility index (Phi) is 1.25. The average molecular weight is 120 g/mol. The molecular weight excluding hydrogens is 111 g/mol. The van der Waals surface area contributed by atoms with Crippen molar-refractivity contribution in [2.75, 3.05) is 0 Å². The molecule has 0 aromatic carbocycles. The van der Waals surface area contributed by atoms with Crippen LogP contribution in [0, 0.1) is 0 Å². The Balaban J connectivity index is 2.54. The number of alkyl halides is 1. The van der Waals surface area contributed by atoms with E-state index >= 15 is 0 Å². The molecule has 0 aromatic heterocycles. The Morgan fingerprint density at radius 1 is 1.62 bits per heavy atom. The van der Waals surface area contributed by atoms with Crippen LogP contribution in [0.3, 0.4) is 0 Å². The Bertz CT molecular complexity index is 92.4. The molecule has 2 unspecified atom stereocenters. The van der Waals surface area contributed by atoms with Gasteiger partial charge in [0.1, 0.15) is 6.10 Å². The van der Waals surface area contributed by atoms with Crippen LogP contribution in [0.1, 0.15) is 19.3 Å². The van der Waals surface area contributed by atoms with Crippen LogP contribution in [0.4, 0.5) is 4.39 Å². The van der Waals surface area contributed by atoms with Gasteiger partial charge in [-0.1, -0.05) is 0 Å². The molecule has 3 heteroatoms. The molecule has 0 saturated heterocycles. The van der Waals surface area contributed by atoms with Gasteiger partial charge in [-0.05, 0) is 12.8 Å². The van der Waals surface area contributed by atoms with Crippen molar-refractivity contribution in [2.24, 2.45) is 0 Å². The van der Waals surface area contributed by atoms with E-state index < -0.39 is 12.0 Å². The molecule has 2 nitrogen and oxygen atoms in total. The molecule has 0 spiro atoms. The van der Waals surface area contributed by atoms with Gasteiger partial charge in [0.25, 0.3) is 0 Å². The molecule has 1 aliphatic carbocycles. The average Bonchev–Trinajstić information content (AvgIpc) is 1.86. The Morgan fingerprint density at radius 3 is 2.38 bits per heavy atom. The number of hydrogen-bond acceptors (Lipinski definition) is 2. The molecule has 0 heterocycles. The topological polar surface area (TPSA) is 40.5 Å². The molecule has 0 radical (unpaired) electrons. The molecule has 0 aliphatic heterocycles. The van der Waals surface area contributed by atoms with Gasteiger partial charge in [0, 0.05) is 6.42 Å². The highest BCUT2D eigenvalue weighted by Crippen LogP contribution is 2.30. The van der Waals surface area contributed by atoms with E-state index in [0.717, 1.165) is 0 Å². The summed E-state index contributed by atoms with van der Waals surface area (Å²) in [5.41, 5.74) is 0.